The smallest absolute Gasteiger partial charge is 0.291 e. The lowest BCUT2D eigenvalue weighted by atomic mass is 10.1. The number of benzene rings is 3. The number of fused-ring (bicyclic) bond motifs is 1. The highest BCUT2D eigenvalue weighted by Gasteiger charge is 2.18. The fourth-order valence-corrected chi connectivity index (χ4v) is 3.94. The van der Waals surface area contributed by atoms with Crippen molar-refractivity contribution in [1.29, 1.82) is 0 Å². The van der Waals surface area contributed by atoms with E-state index in [1.165, 1.54) is 24.3 Å². The summed E-state index contributed by atoms with van der Waals surface area (Å²) in [5.41, 5.74) is 2.92. The summed E-state index contributed by atoms with van der Waals surface area (Å²) in [5, 5.41) is 14.2. The Hall–Kier alpha value is -4.99. The average Bonchev–Trinajstić information content (AvgIpc) is 3.55. The number of nitro groups is 1. The van der Waals surface area contributed by atoms with Gasteiger partial charge >= 0.3 is 0 Å². The Morgan fingerprint density at radius 3 is 2.61 bits per heavy atom. The van der Waals surface area contributed by atoms with Gasteiger partial charge in [0.1, 0.15) is 29.6 Å². The maximum atomic E-state index is 12.8. The Balaban J connectivity index is 1.29. The van der Waals surface area contributed by atoms with Gasteiger partial charge in [-0.1, -0.05) is 6.07 Å². The molecule has 2 heterocycles. The van der Waals surface area contributed by atoms with Gasteiger partial charge in [-0.2, -0.15) is 0 Å². The van der Waals surface area contributed by atoms with Gasteiger partial charge in [0.05, 0.1) is 16.7 Å². The molecule has 1 aromatic heterocycles. The summed E-state index contributed by atoms with van der Waals surface area (Å²) in [4.78, 5) is 23.8. The van der Waals surface area contributed by atoms with Crippen LogP contribution in [0.1, 0.15) is 33.0 Å². The van der Waals surface area contributed by atoms with Crippen molar-refractivity contribution in [3.05, 3.63) is 99.0 Å². The summed E-state index contributed by atoms with van der Waals surface area (Å²) in [6, 6.07) is 16.3. The van der Waals surface area contributed by atoms with E-state index in [4.69, 9.17) is 23.4 Å². The second-order valence-corrected chi connectivity index (χ2v) is 8.80. The van der Waals surface area contributed by atoms with Crippen LogP contribution in [0.3, 0.4) is 0 Å². The number of carbonyl (C=O) groups is 1. The summed E-state index contributed by atoms with van der Waals surface area (Å²) >= 11 is 0. The highest BCUT2D eigenvalue weighted by Crippen LogP contribution is 2.36. The van der Waals surface area contributed by atoms with Gasteiger partial charge in [0.2, 0.25) is 6.79 Å². The lowest BCUT2D eigenvalue weighted by Crippen LogP contribution is -2.11. The molecule has 0 spiro atoms. The van der Waals surface area contributed by atoms with E-state index in [-0.39, 0.29) is 36.3 Å². The molecule has 0 bridgehead atoms. The summed E-state index contributed by atoms with van der Waals surface area (Å²) < 4.78 is 27.9. The molecule has 10 nitrogen and oxygen atoms in total. The monoisotopic (exact) mass is 516 g/mol. The van der Waals surface area contributed by atoms with Crippen LogP contribution in [-0.2, 0) is 6.61 Å². The highest BCUT2D eigenvalue weighted by atomic mass is 16.7. The predicted octanol–water partition coefficient (Wildman–Crippen LogP) is 6.47. The Kier molecular flexibility index (Phi) is 6.61. The lowest BCUT2D eigenvalue weighted by molar-refractivity contribution is -0.384. The third kappa shape index (κ3) is 5.39. The predicted molar refractivity (Wildman–Crippen MR) is 137 cm³/mol. The minimum Gasteiger partial charge on any atom is -0.486 e. The van der Waals surface area contributed by atoms with Crippen LogP contribution in [0.4, 0.5) is 11.4 Å². The molecule has 0 saturated carbocycles. The molecule has 3 aromatic carbocycles. The fourth-order valence-electron chi connectivity index (χ4n) is 3.94. The second kappa shape index (κ2) is 10.2. The fraction of sp³-hybridized carbons (Fsp3) is 0.179. The van der Waals surface area contributed by atoms with E-state index in [1.807, 2.05) is 32.9 Å². The molecule has 10 heteroatoms. The van der Waals surface area contributed by atoms with E-state index < -0.39 is 10.8 Å². The number of anilines is 1. The van der Waals surface area contributed by atoms with Crippen LogP contribution < -0.4 is 24.3 Å². The third-order valence-electron chi connectivity index (χ3n) is 5.96. The Labute approximate surface area is 217 Å². The molecule has 4 aromatic rings. The first-order chi connectivity index (χ1) is 18.2. The number of aryl methyl sites for hydroxylation is 2. The van der Waals surface area contributed by atoms with Crippen molar-refractivity contribution >= 4 is 17.3 Å². The first-order valence-electron chi connectivity index (χ1n) is 11.7. The van der Waals surface area contributed by atoms with Gasteiger partial charge in [-0.05, 0) is 67.8 Å². The molecule has 194 valence electrons. The van der Waals surface area contributed by atoms with Crippen LogP contribution in [-0.4, -0.2) is 17.6 Å². The zero-order chi connectivity index (χ0) is 26.8. The van der Waals surface area contributed by atoms with E-state index in [0.29, 0.717) is 28.8 Å². The molecule has 0 unspecified atom stereocenters. The number of carbonyl (C=O) groups excluding carboxylic acids is 1. The standard InChI is InChI=1S/C28H24N2O8/c1-16-8-17(2)18(3)26(9-16)38-23-11-19(10-20(12-23)30(32)33)29-28(31)25-7-5-22(37-25)14-34-21-4-6-24-27(13-21)36-15-35-24/h4-13H,14-15H2,1-3H3,(H,29,31). The quantitative estimate of drug-likeness (QED) is 0.209. The average molecular weight is 517 g/mol. The molecule has 0 saturated heterocycles. The van der Waals surface area contributed by atoms with E-state index in [1.54, 1.807) is 24.3 Å². The van der Waals surface area contributed by atoms with Crippen molar-refractivity contribution in [3.63, 3.8) is 0 Å². The summed E-state index contributed by atoms with van der Waals surface area (Å²) in [7, 11) is 0. The van der Waals surface area contributed by atoms with Crippen molar-refractivity contribution in [2.24, 2.45) is 0 Å². The van der Waals surface area contributed by atoms with Crippen LogP contribution in [0, 0.1) is 30.9 Å². The zero-order valence-electron chi connectivity index (χ0n) is 20.9. The Morgan fingerprint density at radius 1 is 0.974 bits per heavy atom. The van der Waals surface area contributed by atoms with Gasteiger partial charge in [-0.15, -0.1) is 0 Å². The summed E-state index contributed by atoms with van der Waals surface area (Å²) in [5.74, 6) is 2.46. The van der Waals surface area contributed by atoms with Crippen LogP contribution in [0.15, 0.2) is 65.1 Å². The number of nitrogens with zero attached hydrogens (tertiary/aromatic N) is 1. The number of non-ortho nitro benzene ring substituents is 1. The van der Waals surface area contributed by atoms with E-state index in [2.05, 4.69) is 5.32 Å². The zero-order valence-corrected chi connectivity index (χ0v) is 20.9. The largest absolute Gasteiger partial charge is 0.486 e. The molecule has 0 aliphatic carbocycles. The van der Waals surface area contributed by atoms with Crippen molar-refractivity contribution in [1.82, 2.24) is 0 Å². The van der Waals surface area contributed by atoms with Gasteiger partial charge < -0.3 is 28.7 Å². The number of hydrogen-bond donors (Lipinski definition) is 1. The van der Waals surface area contributed by atoms with Crippen molar-refractivity contribution in [2.75, 3.05) is 12.1 Å². The van der Waals surface area contributed by atoms with Gasteiger partial charge in [0.25, 0.3) is 11.6 Å². The topological polar surface area (TPSA) is 122 Å². The second-order valence-electron chi connectivity index (χ2n) is 8.80. The third-order valence-corrected chi connectivity index (χ3v) is 5.96. The number of nitro benzene ring substituents is 1. The number of ether oxygens (including phenoxy) is 4. The van der Waals surface area contributed by atoms with Gasteiger partial charge in [0.15, 0.2) is 17.3 Å². The normalized spacial score (nSPS) is 11.8. The van der Waals surface area contributed by atoms with Gasteiger partial charge in [-0.3, -0.25) is 14.9 Å². The first-order valence-corrected chi connectivity index (χ1v) is 11.7. The maximum absolute atomic E-state index is 12.8. The Morgan fingerprint density at radius 2 is 1.79 bits per heavy atom. The van der Waals surface area contributed by atoms with Crippen molar-refractivity contribution in [3.8, 4) is 28.7 Å². The minimum atomic E-state index is -0.576. The molecule has 38 heavy (non-hydrogen) atoms. The van der Waals surface area contributed by atoms with E-state index >= 15 is 0 Å². The molecule has 0 radical (unpaired) electrons. The lowest BCUT2D eigenvalue weighted by Gasteiger charge is -2.13. The molecular weight excluding hydrogens is 492 g/mol. The maximum Gasteiger partial charge on any atom is 0.291 e. The molecule has 1 amide bonds. The van der Waals surface area contributed by atoms with E-state index in [9.17, 15) is 14.9 Å². The number of furan rings is 1. The first kappa shape index (κ1) is 24.7. The molecule has 0 atom stereocenters. The van der Waals surface area contributed by atoms with Crippen molar-refractivity contribution in [2.45, 2.75) is 27.4 Å². The van der Waals surface area contributed by atoms with E-state index in [0.717, 1.165) is 16.7 Å². The van der Waals surface area contributed by atoms with Gasteiger partial charge in [0, 0.05) is 18.2 Å². The SMILES string of the molecule is Cc1cc(C)c(C)c(Oc2cc(NC(=O)c3ccc(COc4ccc5c(c4)OCO5)o3)cc([N+](=O)[O-])c2)c1. The molecule has 1 aliphatic heterocycles. The summed E-state index contributed by atoms with van der Waals surface area (Å²) in [6.07, 6.45) is 0. The van der Waals surface area contributed by atoms with Crippen LogP contribution in [0.25, 0.3) is 0 Å². The molecule has 1 aliphatic rings. The molecule has 5 rings (SSSR count). The number of rotatable bonds is 8. The van der Waals surface area contributed by atoms with Crippen LogP contribution in [0.5, 0.6) is 28.7 Å². The van der Waals surface area contributed by atoms with Gasteiger partial charge in [-0.25, -0.2) is 0 Å². The highest BCUT2D eigenvalue weighted by molar-refractivity contribution is 6.02. The molecule has 0 fully saturated rings. The molecule has 1 N–H and O–H groups in total. The minimum absolute atomic E-state index is 0.0217. The number of nitrogens with one attached hydrogen (secondary N) is 1. The Bertz CT molecular complexity index is 1540. The van der Waals surface area contributed by atoms with Crippen LogP contribution in [0.2, 0.25) is 0 Å². The number of hydrogen-bond acceptors (Lipinski definition) is 8. The van der Waals surface area contributed by atoms with Crippen LogP contribution >= 0.6 is 0 Å². The molecular formula is C28H24N2O8. The summed E-state index contributed by atoms with van der Waals surface area (Å²) in [6.45, 7) is 6.06. The number of amides is 1. The van der Waals surface area contributed by atoms with Crippen molar-refractivity contribution < 1.29 is 33.1 Å².